The predicted octanol–water partition coefficient (Wildman–Crippen LogP) is 2.99. The quantitative estimate of drug-likeness (QED) is 0.415. The summed E-state index contributed by atoms with van der Waals surface area (Å²) in [4.78, 5) is 8.75. The Hall–Kier alpha value is -3.69. The first-order valence-corrected chi connectivity index (χ1v) is 10.9. The molecule has 9 heteroatoms. The molecule has 9 nitrogen and oxygen atoms in total. The third kappa shape index (κ3) is 4.08. The molecule has 4 aromatic rings. The van der Waals surface area contributed by atoms with Crippen LogP contribution in [0, 0.1) is 0 Å². The monoisotopic (exact) mass is 446 g/mol. The minimum Gasteiger partial charge on any atom is -0.495 e. The van der Waals surface area contributed by atoms with E-state index >= 15 is 0 Å². The Labute approximate surface area is 191 Å². The Bertz CT molecular complexity index is 1270. The summed E-state index contributed by atoms with van der Waals surface area (Å²) in [5.74, 6) is 1.71. The maximum atomic E-state index is 10.4. The summed E-state index contributed by atoms with van der Waals surface area (Å²) < 4.78 is 12.9. The van der Waals surface area contributed by atoms with Crippen LogP contribution in [-0.4, -0.2) is 58.1 Å². The third-order valence-corrected chi connectivity index (χ3v) is 5.99. The van der Waals surface area contributed by atoms with Crippen molar-refractivity contribution >= 4 is 17.2 Å². The zero-order valence-corrected chi connectivity index (χ0v) is 18.5. The second kappa shape index (κ2) is 9.05. The summed E-state index contributed by atoms with van der Waals surface area (Å²) in [6.07, 6.45) is 3.92. The van der Waals surface area contributed by atoms with Crippen LogP contribution in [0.25, 0.3) is 16.8 Å². The van der Waals surface area contributed by atoms with E-state index in [0.29, 0.717) is 24.1 Å². The van der Waals surface area contributed by atoms with Crippen LogP contribution in [0.4, 0.5) is 11.6 Å². The van der Waals surface area contributed by atoms with Crippen LogP contribution in [-0.2, 0) is 0 Å². The number of aromatic nitrogens is 4. The summed E-state index contributed by atoms with van der Waals surface area (Å²) in [6.45, 7) is 1.49. The van der Waals surface area contributed by atoms with Gasteiger partial charge in [0.05, 0.1) is 49.0 Å². The molecule has 0 saturated carbocycles. The van der Waals surface area contributed by atoms with E-state index in [-0.39, 0.29) is 5.92 Å². The molecule has 1 saturated heterocycles. The van der Waals surface area contributed by atoms with Crippen molar-refractivity contribution in [2.75, 3.05) is 32.6 Å². The first-order chi connectivity index (χ1) is 16.2. The summed E-state index contributed by atoms with van der Waals surface area (Å²) in [7, 11) is 3.23. The van der Waals surface area contributed by atoms with Crippen LogP contribution in [0.15, 0.2) is 54.9 Å². The zero-order valence-electron chi connectivity index (χ0n) is 18.5. The van der Waals surface area contributed by atoms with E-state index in [1.54, 1.807) is 31.1 Å². The van der Waals surface area contributed by atoms with Gasteiger partial charge in [-0.2, -0.15) is 0 Å². The summed E-state index contributed by atoms with van der Waals surface area (Å²) in [6, 6.07) is 13.7. The fourth-order valence-corrected chi connectivity index (χ4v) is 4.30. The molecule has 4 heterocycles. The molecule has 0 radical (unpaired) electrons. The number of methoxy groups -OCH3 is 2. The molecule has 0 amide bonds. The maximum Gasteiger partial charge on any atom is 0.245 e. The molecule has 0 aliphatic carbocycles. The van der Waals surface area contributed by atoms with Gasteiger partial charge in [0.25, 0.3) is 0 Å². The zero-order chi connectivity index (χ0) is 22.8. The standard InChI is InChI=1S/C24H26N6O3/c1-32-22-12-15(17-9-11-25-14-21(17)31)5-7-19(22)28-24-27-13-16-6-8-20(30(16)29-24)18-4-3-10-26-23(18)33-2/h3-8,10,12-13,17,21,25,31H,9,11,14H2,1-2H3,(H,28,29)/t17-,21-/m0/s1. The number of β-amino-alcohol motifs (C(OH)–C–C–N with tert-alkyl or cyclic N) is 1. The van der Waals surface area contributed by atoms with Gasteiger partial charge in [-0.05, 0) is 54.9 Å². The molecule has 0 bridgehead atoms. The van der Waals surface area contributed by atoms with Gasteiger partial charge in [-0.3, -0.25) is 0 Å². The summed E-state index contributed by atoms with van der Waals surface area (Å²) in [5.41, 5.74) is 4.34. The van der Waals surface area contributed by atoms with Crippen molar-refractivity contribution in [1.82, 2.24) is 24.9 Å². The molecule has 1 aromatic carbocycles. The number of hydrogen-bond donors (Lipinski definition) is 3. The average molecular weight is 447 g/mol. The SMILES string of the molecule is COc1cc([C@@H]2CCNC[C@@H]2O)ccc1Nc1ncc2ccc(-c3cccnc3OC)n2n1. The second-order valence-corrected chi connectivity index (χ2v) is 7.95. The molecular formula is C24H26N6O3. The van der Waals surface area contributed by atoms with Gasteiger partial charge in [0.1, 0.15) is 5.75 Å². The van der Waals surface area contributed by atoms with E-state index in [9.17, 15) is 5.11 Å². The number of rotatable bonds is 6. The Balaban J connectivity index is 1.47. The minimum atomic E-state index is -0.412. The lowest BCUT2D eigenvalue weighted by molar-refractivity contribution is 0.118. The van der Waals surface area contributed by atoms with Crippen LogP contribution in [0.5, 0.6) is 11.6 Å². The number of aliphatic hydroxyl groups excluding tert-OH is 1. The van der Waals surface area contributed by atoms with Crippen LogP contribution >= 0.6 is 0 Å². The van der Waals surface area contributed by atoms with E-state index < -0.39 is 6.10 Å². The predicted molar refractivity (Wildman–Crippen MR) is 125 cm³/mol. The molecule has 170 valence electrons. The van der Waals surface area contributed by atoms with Crippen molar-refractivity contribution in [3.05, 3.63) is 60.4 Å². The molecule has 3 N–H and O–H groups in total. The number of nitrogens with zero attached hydrogens (tertiary/aromatic N) is 4. The first kappa shape index (κ1) is 21.2. The van der Waals surface area contributed by atoms with E-state index in [0.717, 1.165) is 41.0 Å². The first-order valence-electron chi connectivity index (χ1n) is 10.9. The molecule has 2 atom stereocenters. The normalized spacial score (nSPS) is 18.3. The van der Waals surface area contributed by atoms with Crippen molar-refractivity contribution in [2.45, 2.75) is 18.4 Å². The van der Waals surface area contributed by atoms with Crippen LogP contribution in [0.3, 0.4) is 0 Å². The lowest BCUT2D eigenvalue weighted by atomic mass is 9.87. The fourth-order valence-electron chi connectivity index (χ4n) is 4.30. The lowest BCUT2D eigenvalue weighted by Gasteiger charge is -2.29. The highest BCUT2D eigenvalue weighted by molar-refractivity contribution is 5.71. The molecule has 33 heavy (non-hydrogen) atoms. The summed E-state index contributed by atoms with van der Waals surface area (Å²) in [5, 5.41) is 21.5. The Morgan fingerprint density at radius 2 is 2.03 bits per heavy atom. The summed E-state index contributed by atoms with van der Waals surface area (Å²) >= 11 is 0. The number of piperidine rings is 1. The van der Waals surface area contributed by atoms with Crippen molar-refractivity contribution in [2.24, 2.45) is 0 Å². The lowest BCUT2D eigenvalue weighted by Crippen LogP contribution is -2.39. The van der Waals surface area contributed by atoms with Gasteiger partial charge >= 0.3 is 0 Å². The van der Waals surface area contributed by atoms with Gasteiger partial charge in [0, 0.05) is 18.7 Å². The van der Waals surface area contributed by atoms with Gasteiger partial charge in [0.15, 0.2) is 0 Å². The number of hydrogen-bond acceptors (Lipinski definition) is 8. The van der Waals surface area contributed by atoms with E-state index in [2.05, 4.69) is 25.7 Å². The van der Waals surface area contributed by atoms with E-state index in [1.807, 2.05) is 42.5 Å². The van der Waals surface area contributed by atoms with E-state index in [4.69, 9.17) is 9.47 Å². The number of benzene rings is 1. The van der Waals surface area contributed by atoms with Crippen molar-refractivity contribution in [1.29, 1.82) is 0 Å². The molecular weight excluding hydrogens is 420 g/mol. The maximum absolute atomic E-state index is 10.4. The van der Waals surface area contributed by atoms with Gasteiger partial charge < -0.3 is 25.2 Å². The number of nitrogens with one attached hydrogen (secondary N) is 2. The second-order valence-electron chi connectivity index (χ2n) is 7.95. The highest BCUT2D eigenvalue weighted by atomic mass is 16.5. The molecule has 1 aliphatic heterocycles. The molecule has 5 rings (SSSR count). The highest BCUT2D eigenvalue weighted by Crippen LogP contribution is 2.34. The number of pyridine rings is 1. The highest BCUT2D eigenvalue weighted by Gasteiger charge is 2.25. The molecule has 1 fully saturated rings. The van der Waals surface area contributed by atoms with Gasteiger partial charge in [-0.25, -0.2) is 14.5 Å². The average Bonchev–Trinajstić information content (AvgIpc) is 3.27. The van der Waals surface area contributed by atoms with Crippen LogP contribution in [0.2, 0.25) is 0 Å². The van der Waals surface area contributed by atoms with Crippen molar-refractivity contribution in [3.63, 3.8) is 0 Å². The molecule has 0 spiro atoms. The smallest absolute Gasteiger partial charge is 0.245 e. The van der Waals surface area contributed by atoms with E-state index in [1.165, 1.54) is 0 Å². The number of ether oxygens (including phenoxy) is 2. The number of aliphatic hydroxyl groups is 1. The number of fused-ring (bicyclic) bond motifs is 1. The van der Waals surface area contributed by atoms with Gasteiger partial charge in [-0.1, -0.05) is 6.07 Å². The Kier molecular flexibility index (Phi) is 5.80. The van der Waals surface area contributed by atoms with Crippen LogP contribution < -0.4 is 20.1 Å². The Morgan fingerprint density at radius 1 is 1.12 bits per heavy atom. The largest absolute Gasteiger partial charge is 0.495 e. The topological polar surface area (TPSA) is 106 Å². The number of anilines is 2. The van der Waals surface area contributed by atoms with Crippen LogP contribution in [0.1, 0.15) is 17.9 Å². The molecule has 0 unspecified atom stereocenters. The van der Waals surface area contributed by atoms with Crippen molar-refractivity contribution < 1.29 is 14.6 Å². The third-order valence-electron chi connectivity index (χ3n) is 5.99. The van der Waals surface area contributed by atoms with Gasteiger partial charge in [-0.15, -0.1) is 5.10 Å². The fraction of sp³-hybridized carbons (Fsp3) is 0.292. The molecule has 1 aliphatic rings. The molecule has 3 aromatic heterocycles. The Morgan fingerprint density at radius 3 is 2.85 bits per heavy atom. The van der Waals surface area contributed by atoms with Crippen molar-refractivity contribution in [3.8, 4) is 22.9 Å². The van der Waals surface area contributed by atoms with Gasteiger partial charge in [0.2, 0.25) is 11.8 Å². The minimum absolute atomic E-state index is 0.0821.